The van der Waals surface area contributed by atoms with Crippen LogP contribution < -0.4 is 10.1 Å². The van der Waals surface area contributed by atoms with Gasteiger partial charge in [0.1, 0.15) is 30.8 Å². The Morgan fingerprint density at radius 2 is 1.69 bits per heavy atom. The summed E-state index contributed by atoms with van der Waals surface area (Å²) < 4.78 is 5.43. The largest absolute Gasteiger partial charge is 0.491 e. The van der Waals surface area contributed by atoms with E-state index in [0.717, 1.165) is 25.1 Å². The highest BCUT2D eigenvalue weighted by Crippen LogP contribution is 2.08. The van der Waals surface area contributed by atoms with Crippen LogP contribution in [0.4, 0.5) is 0 Å². The number of ketones is 1. The molecule has 2 aromatic carbocycles. The molecule has 0 saturated heterocycles. The number of para-hydroxylation sites is 1. The number of hydrogen-bond donors (Lipinski definition) is 2. The highest BCUT2D eigenvalue weighted by molar-refractivity contribution is 5.75. The lowest BCUT2D eigenvalue weighted by Crippen LogP contribution is -2.86. The Balaban J connectivity index is 0.000000273. The van der Waals surface area contributed by atoms with Crippen molar-refractivity contribution in [2.75, 3.05) is 19.7 Å². The second kappa shape index (κ2) is 14.0. The number of rotatable bonds is 10. The van der Waals surface area contributed by atoms with Crippen LogP contribution in [0.5, 0.6) is 5.75 Å². The van der Waals surface area contributed by atoms with Gasteiger partial charge in [0.15, 0.2) is 0 Å². The van der Waals surface area contributed by atoms with E-state index in [9.17, 15) is 9.90 Å². The number of Topliss-reactive ketones (excluding diaryl/α,β-unsaturated/α-hetero) is 1. The summed E-state index contributed by atoms with van der Waals surface area (Å²) in [5.74, 6) is 1.07. The van der Waals surface area contributed by atoms with Crippen molar-refractivity contribution in [1.82, 2.24) is 0 Å². The Hall–Kier alpha value is -2.17. The molecular weight excluding hydrogens is 326 g/mol. The summed E-state index contributed by atoms with van der Waals surface area (Å²) in [6.07, 6.45) is 2.27. The molecule has 0 fully saturated rings. The van der Waals surface area contributed by atoms with Gasteiger partial charge in [-0.2, -0.15) is 0 Å². The maximum Gasteiger partial charge on any atom is 0.137 e. The van der Waals surface area contributed by atoms with E-state index in [2.05, 4.69) is 12.2 Å². The zero-order valence-corrected chi connectivity index (χ0v) is 15.9. The van der Waals surface area contributed by atoms with Crippen molar-refractivity contribution in [3.63, 3.8) is 0 Å². The highest BCUT2D eigenvalue weighted by Gasteiger charge is 2.06. The number of aliphatic hydroxyl groups is 1. The molecule has 0 saturated carbocycles. The molecule has 3 N–H and O–H groups in total. The Labute approximate surface area is 157 Å². The topological polar surface area (TPSA) is 63.1 Å². The van der Waals surface area contributed by atoms with Gasteiger partial charge in [-0.3, -0.25) is 0 Å². The number of benzene rings is 2. The lowest BCUT2D eigenvalue weighted by atomic mass is 10.1. The molecule has 0 aliphatic heterocycles. The number of quaternary nitrogens is 1. The average molecular weight is 359 g/mol. The van der Waals surface area contributed by atoms with Crippen molar-refractivity contribution < 1.29 is 20.0 Å². The normalized spacial score (nSPS) is 11.2. The molecule has 4 heteroatoms. The highest BCUT2D eigenvalue weighted by atomic mass is 16.5. The van der Waals surface area contributed by atoms with Crippen molar-refractivity contribution in [3.8, 4) is 5.75 Å². The van der Waals surface area contributed by atoms with Gasteiger partial charge in [0.05, 0.1) is 6.54 Å². The first kappa shape index (κ1) is 21.9. The van der Waals surface area contributed by atoms with Crippen LogP contribution in [0.2, 0.25) is 0 Å². The van der Waals surface area contributed by atoms with Crippen LogP contribution >= 0.6 is 0 Å². The second-order valence-corrected chi connectivity index (χ2v) is 6.28. The summed E-state index contributed by atoms with van der Waals surface area (Å²) in [5.41, 5.74) is 1.24. The van der Waals surface area contributed by atoms with Crippen LogP contribution in [-0.2, 0) is 11.2 Å². The second-order valence-electron chi connectivity index (χ2n) is 6.28. The molecule has 4 nitrogen and oxygen atoms in total. The summed E-state index contributed by atoms with van der Waals surface area (Å²) in [5, 5.41) is 11.7. The predicted molar refractivity (Wildman–Crippen MR) is 105 cm³/mol. The molecule has 2 aromatic rings. The monoisotopic (exact) mass is 358 g/mol. The van der Waals surface area contributed by atoms with E-state index in [1.807, 2.05) is 60.7 Å². The fourth-order valence-electron chi connectivity index (χ4n) is 2.26. The number of carbonyl (C=O) groups excluding carboxylic acids is 1. The van der Waals surface area contributed by atoms with E-state index in [0.29, 0.717) is 19.6 Å². The summed E-state index contributed by atoms with van der Waals surface area (Å²) in [6, 6.07) is 19.6. The first-order chi connectivity index (χ1) is 12.6. The molecular formula is C22H32NO3+. The smallest absolute Gasteiger partial charge is 0.137 e. The van der Waals surface area contributed by atoms with Gasteiger partial charge in [-0.05, 0) is 37.5 Å². The quantitative estimate of drug-likeness (QED) is 0.642. The van der Waals surface area contributed by atoms with Crippen LogP contribution in [0.25, 0.3) is 0 Å². The summed E-state index contributed by atoms with van der Waals surface area (Å²) >= 11 is 0. The SMILES string of the molecule is CC(=O)CCc1ccccc1.CCC[NH2+]CC(O)COc1ccccc1. The van der Waals surface area contributed by atoms with E-state index in [1.165, 1.54) is 5.56 Å². The van der Waals surface area contributed by atoms with Gasteiger partial charge in [-0.15, -0.1) is 0 Å². The molecule has 0 aliphatic rings. The Morgan fingerprint density at radius 1 is 1.08 bits per heavy atom. The van der Waals surface area contributed by atoms with E-state index >= 15 is 0 Å². The van der Waals surface area contributed by atoms with Gasteiger partial charge < -0.3 is 20.0 Å². The number of nitrogens with two attached hydrogens (primary N) is 1. The maximum absolute atomic E-state index is 10.6. The zero-order valence-electron chi connectivity index (χ0n) is 15.9. The molecule has 1 atom stereocenters. The first-order valence-electron chi connectivity index (χ1n) is 9.32. The molecule has 0 aliphatic carbocycles. The lowest BCUT2D eigenvalue weighted by Gasteiger charge is -2.10. The fraction of sp³-hybridized carbons (Fsp3) is 0.409. The molecule has 26 heavy (non-hydrogen) atoms. The molecule has 0 amide bonds. The third kappa shape index (κ3) is 11.4. The van der Waals surface area contributed by atoms with E-state index in [-0.39, 0.29) is 5.78 Å². The molecule has 0 spiro atoms. The molecule has 1 unspecified atom stereocenters. The summed E-state index contributed by atoms with van der Waals surface area (Å²) in [4.78, 5) is 10.6. The van der Waals surface area contributed by atoms with E-state index in [4.69, 9.17) is 4.74 Å². The van der Waals surface area contributed by atoms with E-state index < -0.39 is 6.10 Å². The molecule has 0 bridgehead atoms. The number of carbonyl (C=O) groups is 1. The van der Waals surface area contributed by atoms with Crippen LogP contribution in [0.3, 0.4) is 0 Å². The molecule has 0 radical (unpaired) electrons. The van der Waals surface area contributed by atoms with Gasteiger partial charge >= 0.3 is 0 Å². The number of aryl methyl sites for hydroxylation is 1. The zero-order chi connectivity index (χ0) is 19.0. The molecule has 0 heterocycles. The van der Waals surface area contributed by atoms with Crippen LogP contribution in [0.15, 0.2) is 60.7 Å². The maximum atomic E-state index is 10.6. The fourth-order valence-corrected chi connectivity index (χ4v) is 2.26. The lowest BCUT2D eigenvalue weighted by molar-refractivity contribution is -0.661. The van der Waals surface area contributed by atoms with Gasteiger partial charge in [0.2, 0.25) is 0 Å². The van der Waals surface area contributed by atoms with Crippen molar-refractivity contribution >= 4 is 5.78 Å². The van der Waals surface area contributed by atoms with E-state index in [1.54, 1.807) is 6.92 Å². The van der Waals surface area contributed by atoms with Crippen molar-refractivity contribution in [2.24, 2.45) is 0 Å². The number of hydrogen-bond acceptors (Lipinski definition) is 3. The van der Waals surface area contributed by atoms with Gasteiger partial charge in [0.25, 0.3) is 0 Å². The predicted octanol–water partition coefficient (Wildman–Crippen LogP) is 2.61. The van der Waals surface area contributed by atoms with Crippen LogP contribution in [-0.4, -0.2) is 36.7 Å². The Kier molecular flexibility index (Phi) is 11.8. The number of ether oxygens (including phenoxy) is 1. The molecule has 2 rings (SSSR count). The van der Waals surface area contributed by atoms with Crippen molar-refractivity contribution in [3.05, 3.63) is 66.2 Å². The van der Waals surface area contributed by atoms with Gasteiger partial charge in [-0.25, -0.2) is 0 Å². The minimum Gasteiger partial charge on any atom is -0.491 e. The third-order valence-corrected chi connectivity index (χ3v) is 3.73. The summed E-state index contributed by atoms with van der Waals surface area (Å²) in [7, 11) is 0. The van der Waals surface area contributed by atoms with Crippen LogP contribution in [0.1, 0.15) is 32.3 Å². The number of aliphatic hydroxyl groups excluding tert-OH is 1. The van der Waals surface area contributed by atoms with Crippen molar-refractivity contribution in [2.45, 2.75) is 39.2 Å². The van der Waals surface area contributed by atoms with Gasteiger partial charge in [-0.1, -0.05) is 55.5 Å². The standard InChI is InChI=1S/C12H19NO2.C10H12O/c1-2-8-13-9-11(14)10-15-12-6-4-3-5-7-12;1-9(11)7-8-10-5-3-2-4-6-10/h3-7,11,13-14H,2,8-10H2,1H3;2-6H,7-8H2,1H3/p+1. The minimum atomic E-state index is -0.392. The summed E-state index contributed by atoms with van der Waals surface area (Å²) in [6.45, 7) is 5.89. The molecule has 0 aromatic heterocycles. The third-order valence-electron chi connectivity index (χ3n) is 3.73. The first-order valence-corrected chi connectivity index (χ1v) is 9.32. The van der Waals surface area contributed by atoms with Gasteiger partial charge in [0, 0.05) is 6.42 Å². The molecule has 142 valence electrons. The average Bonchev–Trinajstić information content (AvgIpc) is 2.67. The Morgan fingerprint density at radius 3 is 2.27 bits per heavy atom. The van der Waals surface area contributed by atoms with Crippen LogP contribution in [0, 0.1) is 0 Å². The minimum absolute atomic E-state index is 0.258. The van der Waals surface area contributed by atoms with Crippen molar-refractivity contribution in [1.29, 1.82) is 0 Å². The Bertz CT molecular complexity index is 587.